The first-order chi connectivity index (χ1) is 15.1. The van der Waals surface area contributed by atoms with Gasteiger partial charge in [-0.2, -0.15) is 74.6 Å². The second kappa shape index (κ2) is 8.60. The Morgan fingerprint density at radius 3 is 1.43 bits per heavy atom. The second-order valence-corrected chi connectivity index (χ2v) is 6.50. The third-order valence-electron chi connectivity index (χ3n) is 3.52. The van der Waals surface area contributed by atoms with E-state index in [-0.39, 0.29) is 6.07 Å². The summed E-state index contributed by atoms with van der Waals surface area (Å²) in [6.07, 6.45) is -38.1. The van der Waals surface area contributed by atoms with E-state index in [9.17, 15) is 74.6 Å². The number of hydrogen-bond acceptors (Lipinski definition) is 4. The molecule has 0 saturated heterocycles. The van der Waals surface area contributed by atoms with Gasteiger partial charge in [-0.25, -0.2) is 9.97 Å². The normalized spacial score (nSPS) is 18.3. The van der Waals surface area contributed by atoms with Crippen molar-refractivity contribution in [3.8, 4) is 0 Å². The van der Waals surface area contributed by atoms with Gasteiger partial charge in [0, 0.05) is 5.69 Å². The number of ether oxygens (including phenoxy) is 2. The minimum atomic E-state index is -7.97. The zero-order chi connectivity index (χ0) is 28.3. The summed E-state index contributed by atoms with van der Waals surface area (Å²) < 4.78 is 226. The molecule has 22 heteroatoms. The van der Waals surface area contributed by atoms with E-state index in [2.05, 4.69) is 14.7 Å². The molecule has 1 heterocycles. The Balaban J connectivity index is 3.77. The van der Waals surface area contributed by atoms with Gasteiger partial charge in [0.15, 0.2) is 0 Å². The van der Waals surface area contributed by atoms with Crippen LogP contribution >= 0.6 is 11.6 Å². The first-order valence-electron chi connectivity index (χ1n) is 7.69. The molecule has 0 aromatic carbocycles. The van der Waals surface area contributed by atoms with Crippen molar-refractivity contribution in [1.29, 1.82) is 0 Å². The van der Waals surface area contributed by atoms with E-state index in [1.165, 1.54) is 4.74 Å². The van der Waals surface area contributed by atoms with E-state index in [4.69, 9.17) is 11.6 Å². The lowest BCUT2D eigenvalue weighted by molar-refractivity contribution is -0.554. The van der Waals surface area contributed by atoms with E-state index in [1.807, 2.05) is 0 Å². The summed E-state index contributed by atoms with van der Waals surface area (Å²) in [4.78, 5) is 5.41. The molecular weight excluding hydrogens is 575 g/mol. The van der Waals surface area contributed by atoms with E-state index in [0.29, 0.717) is 6.92 Å². The molecule has 0 aliphatic carbocycles. The Bertz CT molecular complexity index is 910. The molecular formula is C13H4ClF17N2O2. The van der Waals surface area contributed by atoms with Gasteiger partial charge in [-0.3, -0.25) is 9.47 Å². The third-order valence-corrected chi connectivity index (χ3v) is 3.69. The van der Waals surface area contributed by atoms with Crippen molar-refractivity contribution >= 4 is 11.6 Å². The van der Waals surface area contributed by atoms with Crippen molar-refractivity contribution in [3.05, 3.63) is 22.7 Å². The summed E-state index contributed by atoms with van der Waals surface area (Å²) in [7, 11) is 0. The molecule has 0 saturated carbocycles. The average molecular weight is 579 g/mol. The van der Waals surface area contributed by atoms with Crippen LogP contribution in [0.5, 0.6) is 0 Å². The van der Waals surface area contributed by atoms with Crippen LogP contribution in [0.4, 0.5) is 74.6 Å². The van der Waals surface area contributed by atoms with Crippen LogP contribution in [0.3, 0.4) is 0 Å². The van der Waals surface area contributed by atoms with Crippen LogP contribution in [0.25, 0.3) is 0 Å². The van der Waals surface area contributed by atoms with Gasteiger partial charge in [-0.05, 0) is 24.6 Å². The number of alkyl halides is 17. The molecule has 1 rings (SSSR count). The highest BCUT2D eigenvalue weighted by atomic mass is 35.5. The monoisotopic (exact) mass is 578 g/mol. The summed E-state index contributed by atoms with van der Waals surface area (Å²) in [5, 5.41) is -1.41. The number of nitrogens with zero attached hydrogens (tertiary/aromatic N) is 2. The quantitative estimate of drug-likeness (QED) is 0.265. The second-order valence-electron chi connectivity index (χ2n) is 6.16. The summed E-state index contributed by atoms with van der Waals surface area (Å²) >= 11 is 5.05. The fourth-order valence-corrected chi connectivity index (χ4v) is 2.11. The van der Waals surface area contributed by atoms with Gasteiger partial charge in [-0.15, -0.1) is 0 Å². The van der Waals surface area contributed by atoms with Crippen LogP contribution in [0.1, 0.15) is 11.4 Å². The van der Waals surface area contributed by atoms with Gasteiger partial charge in [0.1, 0.15) is 5.69 Å². The summed E-state index contributed by atoms with van der Waals surface area (Å²) in [6.45, 7) is 0.671. The van der Waals surface area contributed by atoms with Gasteiger partial charge in [0.05, 0.1) is 0 Å². The Morgan fingerprint density at radius 2 is 1.09 bits per heavy atom. The summed E-state index contributed by atoms with van der Waals surface area (Å²) in [5.41, 5.74) is -3.37. The van der Waals surface area contributed by atoms with Crippen molar-refractivity contribution in [2.45, 2.75) is 55.3 Å². The predicted molar refractivity (Wildman–Crippen MR) is 73.6 cm³/mol. The molecule has 0 spiro atoms. The number of halogens is 18. The largest absolute Gasteiger partial charge is 0.462 e. The minimum absolute atomic E-state index is 0.268. The van der Waals surface area contributed by atoms with Crippen LogP contribution in [0, 0.1) is 6.92 Å². The number of rotatable bonds is 7. The lowest BCUT2D eigenvalue weighted by Crippen LogP contribution is -2.67. The maximum atomic E-state index is 14.6. The average Bonchev–Trinajstić information content (AvgIpc) is 2.56. The highest BCUT2D eigenvalue weighted by Gasteiger charge is 2.85. The molecule has 1 aromatic heterocycles. The first kappa shape index (κ1) is 31.1. The number of hydrogen-bond donors (Lipinski definition) is 0. The number of aromatic nitrogens is 2. The molecule has 0 aliphatic rings. The summed E-state index contributed by atoms with van der Waals surface area (Å²) in [5.74, 6) is -22.2. The Morgan fingerprint density at radius 1 is 0.629 bits per heavy atom. The van der Waals surface area contributed by atoms with Gasteiger partial charge in [0.2, 0.25) is 5.28 Å². The first-order valence-corrected chi connectivity index (χ1v) is 8.07. The smallest absolute Gasteiger partial charge is 0.265 e. The van der Waals surface area contributed by atoms with E-state index < -0.39 is 65.0 Å². The molecule has 0 fully saturated rings. The SMILES string of the molecule is Cc1cc(C(F)(OC(F)(F)C(F)(OC(F)(F)C(F)(F)C(F)(F)F)C(F)(F)F)C(F)(F)F)nc(Cl)n1. The molecule has 2 atom stereocenters. The van der Waals surface area contributed by atoms with Gasteiger partial charge in [-0.1, -0.05) is 0 Å². The van der Waals surface area contributed by atoms with Gasteiger partial charge in [0.25, 0.3) is 0 Å². The zero-order valence-corrected chi connectivity index (χ0v) is 16.3. The van der Waals surface area contributed by atoms with Crippen LogP contribution < -0.4 is 0 Å². The van der Waals surface area contributed by atoms with Crippen LogP contribution in [-0.2, 0) is 15.3 Å². The van der Waals surface area contributed by atoms with Crippen molar-refractivity contribution in [1.82, 2.24) is 9.97 Å². The highest BCUT2D eigenvalue weighted by molar-refractivity contribution is 6.28. The molecule has 35 heavy (non-hydrogen) atoms. The topological polar surface area (TPSA) is 44.2 Å². The Kier molecular flexibility index (Phi) is 7.65. The molecule has 0 aliphatic heterocycles. The molecule has 0 N–H and O–H groups in total. The molecule has 2 unspecified atom stereocenters. The molecule has 204 valence electrons. The van der Waals surface area contributed by atoms with Crippen molar-refractivity contribution in [2.75, 3.05) is 0 Å². The van der Waals surface area contributed by atoms with Crippen LogP contribution in [-0.4, -0.2) is 52.5 Å². The third kappa shape index (κ3) is 5.44. The fourth-order valence-electron chi connectivity index (χ4n) is 1.88. The summed E-state index contributed by atoms with van der Waals surface area (Å²) in [6, 6.07) is -0.268. The lowest BCUT2D eigenvalue weighted by atomic mass is 10.1. The van der Waals surface area contributed by atoms with Crippen molar-refractivity contribution in [3.63, 3.8) is 0 Å². The standard InChI is InChI=1S/C13H4ClF17N2O2/c1-3-2-4(33-5(14)32-3)6(15,9(19,20)21)34-13(30,31)8(18,11(25,26)27)35-12(28,29)7(16,17)10(22,23)24/h2H,1H3. The molecule has 4 nitrogen and oxygen atoms in total. The lowest BCUT2D eigenvalue weighted by Gasteiger charge is -2.40. The van der Waals surface area contributed by atoms with Crippen LogP contribution in [0.2, 0.25) is 5.28 Å². The fraction of sp³-hybridized carbons (Fsp3) is 0.692. The van der Waals surface area contributed by atoms with Crippen LogP contribution in [0.15, 0.2) is 6.07 Å². The van der Waals surface area contributed by atoms with E-state index in [1.54, 1.807) is 0 Å². The Hall–Kier alpha value is -1.90. The van der Waals surface area contributed by atoms with Gasteiger partial charge >= 0.3 is 48.4 Å². The molecule has 0 amide bonds. The predicted octanol–water partition coefficient (Wildman–Crippen LogP) is 6.77. The molecule has 1 aromatic rings. The maximum Gasteiger partial charge on any atom is 0.462 e. The molecule has 0 radical (unpaired) electrons. The molecule has 0 bridgehead atoms. The van der Waals surface area contributed by atoms with E-state index >= 15 is 0 Å². The van der Waals surface area contributed by atoms with Crippen molar-refractivity contribution < 1.29 is 84.1 Å². The minimum Gasteiger partial charge on any atom is -0.265 e. The van der Waals surface area contributed by atoms with Crippen molar-refractivity contribution in [2.24, 2.45) is 0 Å². The van der Waals surface area contributed by atoms with E-state index in [0.717, 1.165) is 0 Å². The Labute approximate surface area is 184 Å². The van der Waals surface area contributed by atoms with Gasteiger partial charge < -0.3 is 0 Å². The highest BCUT2D eigenvalue weighted by Crippen LogP contribution is 2.57. The maximum absolute atomic E-state index is 14.6. The zero-order valence-electron chi connectivity index (χ0n) is 15.6. The number of aryl methyl sites for hydroxylation is 1.